The van der Waals surface area contributed by atoms with Crippen molar-refractivity contribution in [1.29, 1.82) is 0 Å². The summed E-state index contributed by atoms with van der Waals surface area (Å²) in [6.45, 7) is 1.44. The molecule has 1 aromatic rings. The number of benzene rings is 1. The molecule has 114 valence electrons. The van der Waals surface area contributed by atoms with Crippen LogP contribution in [0, 0.1) is 0 Å². The Morgan fingerprint density at radius 3 is 2.67 bits per heavy atom. The molecular weight excluding hydrogens is 327 g/mol. The molecule has 0 radical (unpaired) electrons. The van der Waals surface area contributed by atoms with Crippen molar-refractivity contribution in [3.63, 3.8) is 0 Å². The van der Waals surface area contributed by atoms with Gasteiger partial charge in [-0.1, -0.05) is 23.4 Å². The molecule has 0 spiro atoms. The third-order valence-electron chi connectivity index (χ3n) is 2.98. The summed E-state index contributed by atoms with van der Waals surface area (Å²) in [6.07, 6.45) is -4.56. The van der Waals surface area contributed by atoms with E-state index in [1.165, 1.54) is 19.1 Å². The summed E-state index contributed by atoms with van der Waals surface area (Å²) in [7, 11) is 0. The zero-order chi connectivity index (χ0) is 15.8. The maximum atomic E-state index is 13.1. The fraction of sp³-hybridized carbons (Fsp3) is 0.385. The molecule has 21 heavy (non-hydrogen) atoms. The molecule has 3 nitrogen and oxygen atoms in total. The Kier molecular flexibility index (Phi) is 4.53. The predicted molar refractivity (Wildman–Crippen MR) is 75.5 cm³/mol. The zero-order valence-corrected chi connectivity index (χ0v) is 12.5. The van der Waals surface area contributed by atoms with Crippen LogP contribution in [0.25, 0.3) is 0 Å². The molecule has 1 aliphatic heterocycles. The number of amides is 1. The number of carbonyl (C=O) groups excluding carboxylic acids is 2. The standard InChI is InChI=1S/C13H11ClF3NO2S/c1-7(19)21-9-5-12(20)18(6-9)11-3-2-8(14)4-10(11)13(15,16)17/h2-4,9H,5-6H2,1H3. The number of carbonyl (C=O) groups is 2. The summed E-state index contributed by atoms with van der Waals surface area (Å²) in [5.41, 5.74) is -1.17. The minimum atomic E-state index is -4.60. The fourth-order valence-corrected chi connectivity index (χ4v) is 3.28. The molecule has 0 saturated carbocycles. The quantitative estimate of drug-likeness (QED) is 0.825. The topological polar surface area (TPSA) is 37.4 Å². The first kappa shape index (κ1) is 16.2. The van der Waals surface area contributed by atoms with Crippen molar-refractivity contribution in [2.24, 2.45) is 0 Å². The van der Waals surface area contributed by atoms with Gasteiger partial charge in [0, 0.05) is 30.2 Å². The van der Waals surface area contributed by atoms with E-state index in [4.69, 9.17) is 11.6 Å². The van der Waals surface area contributed by atoms with E-state index in [9.17, 15) is 22.8 Å². The van der Waals surface area contributed by atoms with Crippen LogP contribution in [0.2, 0.25) is 5.02 Å². The largest absolute Gasteiger partial charge is 0.418 e. The summed E-state index contributed by atoms with van der Waals surface area (Å²) in [4.78, 5) is 24.1. The maximum Gasteiger partial charge on any atom is 0.418 e. The summed E-state index contributed by atoms with van der Waals surface area (Å²) < 4.78 is 39.2. The van der Waals surface area contributed by atoms with Crippen LogP contribution >= 0.6 is 23.4 Å². The van der Waals surface area contributed by atoms with E-state index in [1.807, 2.05) is 0 Å². The van der Waals surface area contributed by atoms with Gasteiger partial charge in [-0.3, -0.25) is 9.59 Å². The minimum Gasteiger partial charge on any atom is -0.311 e. The molecule has 1 aromatic carbocycles. The van der Waals surface area contributed by atoms with Crippen LogP contribution in [0.5, 0.6) is 0 Å². The van der Waals surface area contributed by atoms with Crippen molar-refractivity contribution >= 4 is 40.1 Å². The van der Waals surface area contributed by atoms with Gasteiger partial charge in [-0.25, -0.2) is 0 Å². The number of alkyl halides is 3. The lowest BCUT2D eigenvalue weighted by Crippen LogP contribution is -2.27. The molecule has 0 N–H and O–H groups in total. The molecule has 0 bridgehead atoms. The van der Waals surface area contributed by atoms with E-state index in [2.05, 4.69) is 0 Å². The van der Waals surface area contributed by atoms with E-state index in [0.29, 0.717) is 0 Å². The molecule has 0 aliphatic carbocycles. The van der Waals surface area contributed by atoms with Crippen molar-refractivity contribution in [1.82, 2.24) is 0 Å². The third-order valence-corrected chi connectivity index (χ3v) is 4.19. The van der Waals surface area contributed by atoms with E-state index in [-0.39, 0.29) is 34.0 Å². The van der Waals surface area contributed by atoms with E-state index in [0.717, 1.165) is 22.7 Å². The molecule has 1 heterocycles. The summed E-state index contributed by atoms with van der Waals surface area (Å²) >= 11 is 6.58. The first-order valence-corrected chi connectivity index (χ1v) is 7.28. The van der Waals surface area contributed by atoms with Crippen molar-refractivity contribution < 1.29 is 22.8 Å². The van der Waals surface area contributed by atoms with Gasteiger partial charge in [0.1, 0.15) is 0 Å². The molecule has 1 unspecified atom stereocenters. The predicted octanol–water partition coefficient (Wildman–Crippen LogP) is 3.74. The number of hydrogen-bond acceptors (Lipinski definition) is 3. The lowest BCUT2D eigenvalue weighted by Gasteiger charge is -2.21. The highest BCUT2D eigenvalue weighted by molar-refractivity contribution is 8.14. The molecule has 1 aliphatic rings. The molecule has 1 fully saturated rings. The Morgan fingerprint density at radius 1 is 1.43 bits per heavy atom. The highest BCUT2D eigenvalue weighted by Gasteiger charge is 2.39. The maximum absolute atomic E-state index is 13.1. The van der Waals surface area contributed by atoms with Gasteiger partial charge < -0.3 is 4.90 Å². The van der Waals surface area contributed by atoms with Crippen LogP contribution in [-0.4, -0.2) is 22.8 Å². The van der Waals surface area contributed by atoms with Crippen molar-refractivity contribution in [3.8, 4) is 0 Å². The van der Waals surface area contributed by atoms with Crippen LogP contribution in [0.4, 0.5) is 18.9 Å². The molecule has 1 amide bonds. The molecule has 2 rings (SSSR count). The Morgan fingerprint density at radius 2 is 2.10 bits per heavy atom. The number of hydrogen-bond donors (Lipinski definition) is 0. The van der Waals surface area contributed by atoms with Gasteiger partial charge in [-0.2, -0.15) is 13.2 Å². The van der Waals surface area contributed by atoms with Crippen molar-refractivity contribution in [2.45, 2.75) is 24.8 Å². The Balaban J connectivity index is 2.34. The lowest BCUT2D eigenvalue weighted by atomic mass is 10.1. The van der Waals surface area contributed by atoms with E-state index in [1.54, 1.807) is 0 Å². The highest BCUT2D eigenvalue weighted by Crippen LogP contribution is 2.40. The lowest BCUT2D eigenvalue weighted by molar-refractivity contribution is -0.137. The van der Waals surface area contributed by atoms with Gasteiger partial charge in [0.25, 0.3) is 0 Å². The van der Waals surface area contributed by atoms with Gasteiger partial charge in [-0.05, 0) is 18.2 Å². The number of rotatable bonds is 2. The van der Waals surface area contributed by atoms with Gasteiger partial charge >= 0.3 is 6.18 Å². The van der Waals surface area contributed by atoms with E-state index >= 15 is 0 Å². The molecule has 0 aromatic heterocycles. The average Bonchev–Trinajstić information content (AvgIpc) is 2.68. The second-order valence-corrected chi connectivity index (χ2v) is 6.51. The SMILES string of the molecule is CC(=O)SC1CC(=O)N(c2ccc(Cl)cc2C(F)(F)F)C1. The summed E-state index contributed by atoms with van der Waals surface area (Å²) in [6, 6.07) is 3.30. The fourth-order valence-electron chi connectivity index (χ4n) is 2.19. The normalized spacial score (nSPS) is 19.2. The van der Waals surface area contributed by atoms with E-state index < -0.39 is 17.6 Å². The van der Waals surface area contributed by atoms with Crippen molar-refractivity contribution in [2.75, 3.05) is 11.4 Å². The van der Waals surface area contributed by atoms with Gasteiger partial charge in [-0.15, -0.1) is 0 Å². The second-order valence-electron chi connectivity index (χ2n) is 4.60. The second kappa shape index (κ2) is 5.88. The number of thioether (sulfide) groups is 1. The first-order valence-electron chi connectivity index (χ1n) is 6.03. The smallest absolute Gasteiger partial charge is 0.311 e. The average molecular weight is 338 g/mol. The Labute approximate surface area is 128 Å². The third kappa shape index (κ3) is 3.71. The summed E-state index contributed by atoms with van der Waals surface area (Å²) in [5.74, 6) is -0.429. The minimum absolute atomic E-state index is 0.0458. The van der Waals surface area contributed by atoms with Crippen molar-refractivity contribution in [3.05, 3.63) is 28.8 Å². The Bertz CT molecular complexity index is 591. The zero-order valence-electron chi connectivity index (χ0n) is 10.9. The Hall–Kier alpha value is -1.21. The van der Waals surface area contributed by atoms with Gasteiger partial charge in [0.05, 0.1) is 11.3 Å². The van der Waals surface area contributed by atoms with Gasteiger partial charge in [0.15, 0.2) is 5.12 Å². The monoisotopic (exact) mass is 337 g/mol. The molecule has 8 heteroatoms. The first-order chi connectivity index (χ1) is 9.68. The highest BCUT2D eigenvalue weighted by atomic mass is 35.5. The van der Waals surface area contributed by atoms with Crippen LogP contribution in [0.3, 0.4) is 0 Å². The van der Waals surface area contributed by atoms with Gasteiger partial charge in [0.2, 0.25) is 5.91 Å². The molecule has 1 atom stereocenters. The van der Waals surface area contributed by atoms with Crippen LogP contribution in [-0.2, 0) is 15.8 Å². The number of anilines is 1. The van der Waals surface area contributed by atoms with Crippen LogP contribution in [0.15, 0.2) is 18.2 Å². The van der Waals surface area contributed by atoms with Crippen LogP contribution in [0.1, 0.15) is 18.9 Å². The van der Waals surface area contributed by atoms with Crippen LogP contribution < -0.4 is 4.90 Å². The number of nitrogens with zero attached hydrogens (tertiary/aromatic N) is 1. The molecular formula is C13H11ClF3NO2S. The molecule has 1 saturated heterocycles. The number of halogens is 4. The summed E-state index contributed by atoms with van der Waals surface area (Å²) in [5, 5.41) is -0.541.